The SMILES string of the molecule is C=C(c1cc(Cl)cc(Sc2nc3c(N)ncnc3n2CCCNC(C)C)c1)C(F)(F)F. The molecule has 11 heteroatoms. The summed E-state index contributed by atoms with van der Waals surface area (Å²) < 4.78 is 41.2. The number of imidazole rings is 1. The van der Waals surface area contributed by atoms with Crippen LogP contribution >= 0.6 is 23.4 Å². The third kappa shape index (κ3) is 5.69. The van der Waals surface area contributed by atoms with E-state index in [1.165, 1.54) is 30.2 Å². The maximum Gasteiger partial charge on any atom is 0.416 e. The zero-order valence-corrected chi connectivity index (χ0v) is 18.6. The lowest BCUT2D eigenvalue weighted by Gasteiger charge is -2.13. The summed E-state index contributed by atoms with van der Waals surface area (Å²) in [6.07, 6.45) is -2.39. The molecule has 1 aromatic carbocycles. The smallest absolute Gasteiger partial charge is 0.382 e. The standard InChI is InChI=1S/C20H22ClF3N6S/c1-11(2)26-5-4-6-30-18-16(17(25)27-10-28-18)29-19(30)31-15-8-13(7-14(21)9-15)12(3)20(22,23)24/h7-11,26H,3-6H2,1-2H3,(H2,25,27,28). The van der Waals surface area contributed by atoms with Crippen LogP contribution in [0.3, 0.4) is 0 Å². The van der Waals surface area contributed by atoms with Gasteiger partial charge < -0.3 is 15.6 Å². The van der Waals surface area contributed by atoms with Gasteiger partial charge in [-0.3, -0.25) is 0 Å². The Bertz CT molecular complexity index is 1100. The molecule has 0 unspecified atom stereocenters. The number of alkyl halides is 3. The second-order valence-electron chi connectivity index (χ2n) is 7.19. The van der Waals surface area contributed by atoms with Crippen molar-refractivity contribution in [3.63, 3.8) is 0 Å². The highest BCUT2D eigenvalue weighted by Gasteiger charge is 2.33. The molecule has 0 amide bonds. The van der Waals surface area contributed by atoms with E-state index in [1.54, 1.807) is 6.07 Å². The molecule has 0 saturated heterocycles. The number of rotatable bonds is 8. The van der Waals surface area contributed by atoms with E-state index in [9.17, 15) is 13.2 Å². The molecule has 3 aromatic rings. The lowest BCUT2D eigenvalue weighted by atomic mass is 10.1. The molecule has 0 saturated carbocycles. The van der Waals surface area contributed by atoms with Crippen LogP contribution in [-0.4, -0.2) is 38.3 Å². The minimum absolute atomic E-state index is 0.0920. The number of aromatic nitrogens is 4. The van der Waals surface area contributed by atoms with Gasteiger partial charge in [0.05, 0.1) is 5.57 Å². The number of nitrogen functional groups attached to an aromatic ring is 1. The highest BCUT2D eigenvalue weighted by atomic mass is 35.5. The van der Waals surface area contributed by atoms with Gasteiger partial charge in [0.25, 0.3) is 0 Å². The predicted octanol–water partition coefficient (Wildman–Crippen LogP) is 5.18. The quantitative estimate of drug-likeness (QED) is 0.442. The van der Waals surface area contributed by atoms with Gasteiger partial charge in [0.15, 0.2) is 22.1 Å². The Morgan fingerprint density at radius 3 is 2.71 bits per heavy atom. The zero-order valence-electron chi connectivity index (χ0n) is 17.0. The molecule has 0 radical (unpaired) electrons. The molecule has 0 aliphatic carbocycles. The molecular formula is C20H22ClF3N6S. The average Bonchev–Trinajstić information content (AvgIpc) is 3.02. The lowest BCUT2D eigenvalue weighted by molar-refractivity contribution is -0.0686. The fourth-order valence-electron chi connectivity index (χ4n) is 2.91. The van der Waals surface area contributed by atoms with Crippen LogP contribution in [0.4, 0.5) is 19.0 Å². The van der Waals surface area contributed by atoms with Gasteiger partial charge in [0.2, 0.25) is 0 Å². The molecule has 0 bridgehead atoms. The zero-order chi connectivity index (χ0) is 22.8. The molecule has 0 aliphatic heterocycles. The van der Waals surface area contributed by atoms with Crippen molar-refractivity contribution >= 4 is 45.9 Å². The van der Waals surface area contributed by atoms with E-state index >= 15 is 0 Å². The fraction of sp³-hybridized carbons (Fsp3) is 0.350. The van der Waals surface area contributed by atoms with E-state index < -0.39 is 11.7 Å². The predicted molar refractivity (Wildman–Crippen MR) is 118 cm³/mol. The van der Waals surface area contributed by atoms with Crippen molar-refractivity contribution < 1.29 is 13.2 Å². The van der Waals surface area contributed by atoms with Crippen LogP contribution in [0.15, 0.2) is 41.2 Å². The second kappa shape index (κ2) is 9.46. The van der Waals surface area contributed by atoms with E-state index in [0.29, 0.717) is 33.8 Å². The third-order valence-corrected chi connectivity index (χ3v) is 5.59. The van der Waals surface area contributed by atoms with Gasteiger partial charge >= 0.3 is 6.18 Å². The summed E-state index contributed by atoms with van der Waals surface area (Å²) in [6, 6.07) is 4.58. The van der Waals surface area contributed by atoms with Gasteiger partial charge in [0, 0.05) is 22.5 Å². The summed E-state index contributed by atoms with van der Waals surface area (Å²) in [5, 5.41) is 4.06. The molecule has 2 heterocycles. The first-order chi connectivity index (χ1) is 14.6. The number of hydrogen-bond donors (Lipinski definition) is 2. The number of halogens is 4. The van der Waals surface area contributed by atoms with E-state index in [0.717, 1.165) is 13.0 Å². The number of benzene rings is 1. The molecule has 3 N–H and O–H groups in total. The molecule has 3 rings (SSSR count). The van der Waals surface area contributed by atoms with Crippen molar-refractivity contribution in [2.45, 2.75) is 49.1 Å². The van der Waals surface area contributed by atoms with Crippen LogP contribution in [0.25, 0.3) is 16.7 Å². The first kappa shape index (κ1) is 23.4. The largest absolute Gasteiger partial charge is 0.416 e. The topological polar surface area (TPSA) is 81.7 Å². The van der Waals surface area contributed by atoms with E-state index in [1.807, 2.05) is 4.57 Å². The van der Waals surface area contributed by atoms with Crippen LogP contribution in [0.1, 0.15) is 25.8 Å². The minimum Gasteiger partial charge on any atom is -0.382 e. The fourth-order valence-corrected chi connectivity index (χ4v) is 4.21. The van der Waals surface area contributed by atoms with Crippen molar-refractivity contribution in [3.8, 4) is 0 Å². The highest BCUT2D eigenvalue weighted by Crippen LogP contribution is 2.38. The Kier molecular flexibility index (Phi) is 7.13. The van der Waals surface area contributed by atoms with E-state index in [4.69, 9.17) is 17.3 Å². The molecular weight excluding hydrogens is 449 g/mol. The molecule has 6 nitrogen and oxygen atoms in total. The van der Waals surface area contributed by atoms with Crippen molar-refractivity contribution in [3.05, 3.63) is 41.7 Å². The number of fused-ring (bicyclic) bond motifs is 1. The summed E-state index contributed by atoms with van der Waals surface area (Å²) in [6.45, 7) is 8.67. The normalized spacial score (nSPS) is 12.1. The first-order valence-corrected chi connectivity index (χ1v) is 10.7. The average molecular weight is 471 g/mol. The van der Waals surface area contributed by atoms with Crippen molar-refractivity contribution in [1.82, 2.24) is 24.8 Å². The second-order valence-corrected chi connectivity index (χ2v) is 8.67. The van der Waals surface area contributed by atoms with E-state index in [2.05, 4.69) is 40.7 Å². The maximum absolute atomic E-state index is 13.1. The van der Waals surface area contributed by atoms with Crippen molar-refractivity contribution in [2.75, 3.05) is 12.3 Å². The summed E-state index contributed by atoms with van der Waals surface area (Å²) in [5.74, 6) is 0.239. The van der Waals surface area contributed by atoms with Crippen LogP contribution in [0.5, 0.6) is 0 Å². The van der Waals surface area contributed by atoms with Crippen molar-refractivity contribution in [2.24, 2.45) is 0 Å². The summed E-state index contributed by atoms with van der Waals surface area (Å²) in [7, 11) is 0. The van der Waals surface area contributed by atoms with Gasteiger partial charge in [-0.05, 0) is 36.7 Å². The van der Waals surface area contributed by atoms with Gasteiger partial charge in [0.1, 0.15) is 6.33 Å². The number of nitrogens with one attached hydrogen (secondary N) is 1. The monoisotopic (exact) mass is 470 g/mol. The molecule has 0 atom stereocenters. The number of nitrogens with two attached hydrogens (primary N) is 1. The Morgan fingerprint density at radius 2 is 2.03 bits per heavy atom. The summed E-state index contributed by atoms with van der Waals surface area (Å²) >= 11 is 7.27. The van der Waals surface area contributed by atoms with Gasteiger partial charge in [-0.15, -0.1) is 0 Å². The number of hydrogen-bond acceptors (Lipinski definition) is 6. The molecule has 0 fully saturated rings. The van der Waals surface area contributed by atoms with Crippen LogP contribution in [0, 0.1) is 0 Å². The molecule has 31 heavy (non-hydrogen) atoms. The Balaban J connectivity index is 1.95. The lowest BCUT2D eigenvalue weighted by Crippen LogP contribution is -2.24. The van der Waals surface area contributed by atoms with Crippen LogP contribution < -0.4 is 11.1 Å². The Morgan fingerprint density at radius 1 is 1.29 bits per heavy atom. The van der Waals surface area contributed by atoms with Crippen LogP contribution in [-0.2, 0) is 6.54 Å². The minimum atomic E-state index is -4.55. The third-order valence-electron chi connectivity index (χ3n) is 4.41. The number of aryl methyl sites for hydroxylation is 1. The summed E-state index contributed by atoms with van der Waals surface area (Å²) in [5.41, 5.74) is 5.92. The molecule has 166 valence electrons. The highest BCUT2D eigenvalue weighted by molar-refractivity contribution is 7.99. The number of allylic oxidation sites excluding steroid dienone is 1. The molecule has 2 aromatic heterocycles. The van der Waals surface area contributed by atoms with Crippen molar-refractivity contribution in [1.29, 1.82) is 0 Å². The Hall–Kier alpha value is -2.30. The summed E-state index contributed by atoms with van der Waals surface area (Å²) in [4.78, 5) is 13.3. The number of anilines is 1. The van der Waals surface area contributed by atoms with Gasteiger partial charge in [-0.25, -0.2) is 15.0 Å². The van der Waals surface area contributed by atoms with Gasteiger partial charge in [-0.1, -0.05) is 43.8 Å². The first-order valence-electron chi connectivity index (χ1n) is 9.51. The maximum atomic E-state index is 13.1. The number of nitrogens with zero attached hydrogens (tertiary/aromatic N) is 4. The molecule has 0 aliphatic rings. The Labute approximate surface area is 187 Å². The van der Waals surface area contributed by atoms with Crippen LogP contribution in [0.2, 0.25) is 5.02 Å². The molecule has 0 spiro atoms. The van der Waals surface area contributed by atoms with Gasteiger partial charge in [-0.2, -0.15) is 13.2 Å². The van der Waals surface area contributed by atoms with E-state index in [-0.39, 0.29) is 16.4 Å².